The Morgan fingerprint density at radius 3 is 2.58 bits per heavy atom. The van der Waals surface area contributed by atoms with Gasteiger partial charge in [-0.2, -0.15) is 0 Å². The summed E-state index contributed by atoms with van der Waals surface area (Å²) in [6.45, 7) is 9.94. The molecule has 3 aromatic rings. The van der Waals surface area contributed by atoms with Crippen LogP contribution < -0.4 is 0 Å². The van der Waals surface area contributed by atoms with Crippen molar-refractivity contribution in [3.05, 3.63) is 46.9 Å². The number of H-pyrrole nitrogens is 1. The normalized spacial score (nSPS) is 14.2. The van der Waals surface area contributed by atoms with Crippen molar-refractivity contribution < 1.29 is 4.79 Å². The molecular weight excluding hydrogens is 324 g/mol. The molecule has 0 saturated heterocycles. The van der Waals surface area contributed by atoms with Crippen molar-refractivity contribution in [2.75, 3.05) is 13.1 Å². The second-order valence-electron chi connectivity index (χ2n) is 7.53. The predicted octanol–water partition coefficient (Wildman–Crippen LogP) is 4.13. The Balaban J connectivity index is 1.87. The van der Waals surface area contributed by atoms with Crippen LogP contribution in [0, 0.1) is 26.7 Å². The van der Waals surface area contributed by atoms with Crippen LogP contribution in [-0.2, 0) is 0 Å². The number of nitrogens with zero attached hydrogens (tertiary/aromatic N) is 3. The summed E-state index contributed by atoms with van der Waals surface area (Å²) in [5.74, 6) is 1.46. The van der Waals surface area contributed by atoms with E-state index in [-0.39, 0.29) is 5.91 Å². The summed E-state index contributed by atoms with van der Waals surface area (Å²) in [6, 6.07) is 4.34. The molecule has 1 N–H and O–H groups in total. The Labute approximate surface area is 154 Å². The van der Waals surface area contributed by atoms with E-state index in [1.54, 1.807) is 6.20 Å². The van der Waals surface area contributed by atoms with Gasteiger partial charge in [-0.3, -0.25) is 9.20 Å². The first-order valence-electron chi connectivity index (χ1n) is 9.42. The summed E-state index contributed by atoms with van der Waals surface area (Å²) in [5.41, 5.74) is 6.25. The van der Waals surface area contributed by atoms with E-state index in [0.29, 0.717) is 17.4 Å². The number of aromatic nitrogens is 3. The summed E-state index contributed by atoms with van der Waals surface area (Å²) in [6.07, 6.45) is 6.08. The Morgan fingerprint density at radius 1 is 1.27 bits per heavy atom. The first-order chi connectivity index (χ1) is 12.5. The second kappa shape index (κ2) is 6.31. The van der Waals surface area contributed by atoms with Gasteiger partial charge in [-0.1, -0.05) is 17.7 Å². The molecule has 26 heavy (non-hydrogen) atoms. The number of benzene rings is 1. The lowest BCUT2D eigenvalue weighted by atomic mass is 9.96. The van der Waals surface area contributed by atoms with Gasteiger partial charge >= 0.3 is 0 Å². The van der Waals surface area contributed by atoms with Crippen LogP contribution in [-0.4, -0.2) is 38.3 Å². The lowest BCUT2D eigenvalue weighted by molar-refractivity contribution is 0.0751. The Hall–Kier alpha value is -2.56. The van der Waals surface area contributed by atoms with E-state index in [0.717, 1.165) is 24.3 Å². The van der Waals surface area contributed by atoms with Crippen molar-refractivity contribution in [2.24, 2.45) is 5.92 Å². The lowest BCUT2D eigenvalue weighted by Gasteiger charge is -2.21. The van der Waals surface area contributed by atoms with E-state index in [4.69, 9.17) is 0 Å². The maximum atomic E-state index is 13.5. The van der Waals surface area contributed by atoms with E-state index >= 15 is 0 Å². The zero-order valence-electron chi connectivity index (χ0n) is 16.0. The molecular formula is C21H26N4O. The van der Waals surface area contributed by atoms with E-state index < -0.39 is 0 Å². The second-order valence-corrected chi connectivity index (χ2v) is 7.53. The van der Waals surface area contributed by atoms with E-state index in [9.17, 15) is 4.79 Å². The van der Waals surface area contributed by atoms with Crippen LogP contribution >= 0.6 is 0 Å². The van der Waals surface area contributed by atoms with Crippen LogP contribution in [0.15, 0.2) is 24.5 Å². The number of aryl methyl sites for hydroxylation is 3. The van der Waals surface area contributed by atoms with Crippen LogP contribution in [0.2, 0.25) is 0 Å². The number of fused-ring (bicyclic) bond motifs is 1. The number of carbonyl (C=O) groups excluding carboxylic acids is 1. The largest absolute Gasteiger partial charge is 0.337 e. The third-order valence-corrected chi connectivity index (χ3v) is 5.33. The number of aromatic amines is 1. The molecule has 5 heteroatoms. The fourth-order valence-corrected chi connectivity index (χ4v) is 3.95. The van der Waals surface area contributed by atoms with Gasteiger partial charge < -0.3 is 9.88 Å². The molecule has 0 aliphatic heterocycles. The highest BCUT2D eigenvalue weighted by molar-refractivity contribution is 6.00. The smallest absolute Gasteiger partial charge is 0.273 e. The first-order valence-corrected chi connectivity index (χ1v) is 9.42. The topological polar surface area (TPSA) is 53.4 Å². The van der Waals surface area contributed by atoms with E-state index in [1.807, 2.05) is 15.5 Å². The van der Waals surface area contributed by atoms with Gasteiger partial charge in [0, 0.05) is 31.0 Å². The summed E-state index contributed by atoms with van der Waals surface area (Å²) >= 11 is 0. The van der Waals surface area contributed by atoms with Crippen LogP contribution in [0.4, 0.5) is 0 Å². The molecule has 0 spiro atoms. The van der Waals surface area contributed by atoms with Gasteiger partial charge in [-0.15, -0.1) is 0 Å². The molecule has 1 saturated carbocycles. The maximum absolute atomic E-state index is 13.5. The minimum absolute atomic E-state index is 0.0815. The third kappa shape index (κ3) is 2.81. The molecule has 1 aliphatic carbocycles. The molecule has 0 unspecified atom stereocenters. The molecule has 1 amide bonds. The summed E-state index contributed by atoms with van der Waals surface area (Å²) in [7, 11) is 0. The number of imidazole rings is 2. The van der Waals surface area contributed by atoms with Gasteiger partial charge in [0.15, 0.2) is 0 Å². The van der Waals surface area contributed by atoms with Gasteiger partial charge in [0.1, 0.15) is 5.69 Å². The molecule has 0 atom stereocenters. The van der Waals surface area contributed by atoms with Gasteiger partial charge in [-0.05, 0) is 57.6 Å². The van der Waals surface area contributed by atoms with Crippen LogP contribution in [0.25, 0.3) is 17.0 Å². The van der Waals surface area contributed by atoms with Gasteiger partial charge in [0.25, 0.3) is 5.91 Å². The average molecular weight is 350 g/mol. The molecule has 4 rings (SSSR count). The van der Waals surface area contributed by atoms with Crippen molar-refractivity contribution in [1.82, 2.24) is 19.3 Å². The highest BCUT2D eigenvalue weighted by Gasteiger charge is 2.30. The summed E-state index contributed by atoms with van der Waals surface area (Å²) in [5, 5.41) is 0. The molecule has 0 radical (unpaired) electrons. The number of nitrogens with one attached hydrogen (secondary N) is 1. The Morgan fingerprint density at radius 2 is 1.96 bits per heavy atom. The molecule has 1 aromatic carbocycles. The zero-order chi connectivity index (χ0) is 18.4. The van der Waals surface area contributed by atoms with E-state index in [1.165, 1.54) is 29.5 Å². The monoisotopic (exact) mass is 350 g/mol. The number of hydrogen-bond acceptors (Lipinski definition) is 2. The van der Waals surface area contributed by atoms with Crippen LogP contribution in [0.3, 0.4) is 0 Å². The summed E-state index contributed by atoms with van der Waals surface area (Å²) < 4.78 is 1.89. The maximum Gasteiger partial charge on any atom is 0.273 e. The Bertz CT molecular complexity index is 954. The third-order valence-electron chi connectivity index (χ3n) is 5.33. The molecule has 2 heterocycles. The van der Waals surface area contributed by atoms with Crippen molar-refractivity contribution in [3.63, 3.8) is 0 Å². The standard InChI is InChI=1S/C21H26N4O/c1-5-24(12-16-6-7-16)20(26)19-18(23-21-22-8-9-25(19)21)17-14(3)10-13(2)11-15(17)4/h8-11,16H,5-7,12H2,1-4H3,(H,22,23). The number of hydrogen-bond donors (Lipinski definition) is 1. The van der Waals surface area contributed by atoms with Crippen molar-refractivity contribution >= 4 is 11.7 Å². The van der Waals surface area contributed by atoms with Crippen LogP contribution in [0.1, 0.15) is 46.9 Å². The fourth-order valence-electron chi connectivity index (χ4n) is 3.95. The molecule has 1 fully saturated rings. The van der Waals surface area contributed by atoms with Crippen molar-refractivity contribution in [1.29, 1.82) is 0 Å². The van der Waals surface area contributed by atoms with Gasteiger partial charge in [0.05, 0.1) is 5.69 Å². The molecule has 5 nitrogen and oxygen atoms in total. The minimum atomic E-state index is 0.0815. The Kier molecular flexibility index (Phi) is 4.10. The van der Waals surface area contributed by atoms with Crippen molar-refractivity contribution in [3.8, 4) is 11.3 Å². The molecule has 136 valence electrons. The van der Waals surface area contributed by atoms with Crippen molar-refractivity contribution in [2.45, 2.75) is 40.5 Å². The average Bonchev–Trinajstić information content (AvgIpc) is 3.17. The van der Waals surface area contributed by atoms with Gasteiger partial charge in [0.2, 0.25) is 5.78 Å². The van der Waals surface area contributed by atoms with Gasteiger partial charge in [-0.25, -0.2) is 4.98 Å². The quantitative estimate of drug-likeness (QED) is 0.752. The highest BCUT2D eigenvalue weighted by Crippen LogP contribution is 2.33. The van der Waals surface area contributed by atoms with Crippen LogP contribution in [0.5, 0.6) is 0 Å². The van der Waals surface area contributed by atoms with E-state index in [2.05, 4.69) is 49.8 Å². The minimum Gasteiger partial charge on any atom is -0.337 e. The number of amides is 1. The summed E-state index contributed by atoms with van der Waals surface area (Å²) in [4.78, 5) is 23.2. The highest BCUT2D eigenvalue weighted by atomic mass is 16.2. The molecule has 1 aliphatic rings. The molecule has 0 bridgehead atoms. The zero-order valence-corrected chi connectivity index (χ0v) is 16.0. The lowest BCUT2D eigenvalue weighted by Crippen LogP contribution is -2.33. The molecule has 2 aromatic heterocycles. The predicted molar refractivity (Wildman–Crippen MR) is 103 cm³/mol. The number of rotatable bonds is 5. The number of carbonyl (C=O) groups is 1. The first kappa shape index (κ1) is 16.9. The SMILES string of the molecule is CCN(CC1CC1)C(=O)c1c(-c2c(C)cc(C)cc2C)[nH]c2nccn12. The fraction of sp³-hybridized carbons (Fsp3) is 0.429.